The quantitative estimate of drug-likeness (QED) is 0.326. The summed E-state index contributed by atoms with van der Waals surface area (Å²) in [4.78, 5) is 63.6. The minimum atomic E-state index is -0.860. The molecule has 1 aromatic heterocycles. The van der Waals surface area contributed by atoms with Crippen molar-refractivity contribution in [1.29, 1.82) is 0 Å². The van der Waals surface area contributed by atoms with Crippen LogP contribution >= 0.6 is 0 Å². The highest BCUT2D eigenvalue weighted by Gasteiger charge is 2.29. The molecular formula is C23H29N5O5. The Morgan fingerprint density at radius 2 is 1.94 bits per heavy atom. The molecule has 1 fully saturated rings. The maximum Gasteiger partial charge on any atom is 0.268 e. The number of aldehydes is 1. The van der Waals surface area contributed by atoms with Crippen LogP contribution in [-0.2, 0) is 19.2 Å². The number of aromatic nitrogens is 1. The first-order valence-corrected chi connectivity index (χ1v) is 11.0. The van der Waals surface area contributed by atoms with Crippen LogP contribution in [0.5, 0.6) is 0 Å². The van der Waals surface area contributed by atoms with Gasteiger partial charge in [-0.3, -0.25) is 19.2 Å². The summed E-state index contributed by atoms with van der Waals surface area (Å²) in [5.41, 5.74) is 1.14. The first-order valence-electron chi connectivity index (χ1n) is 11.0. The second kappa shape index (κ2) is 10.8. The minimum absolute atomic E-state index is 0.130. The minimum Gasteiger partial charge on any atom is -0.356 e. The molecule has 10 nitrogen and oxygen atoms in total. The summed E-state index contributed by atoms with van der Waals surface area (Å²) < 4.78 is 0. The normalized spacial score (nSPS) is 17.3. The molecular weight excluding hydrogens is 426 g/mol. The summed E-state index contributed by atoms with van der Waals surface area (Å²) in [7, 11) is 0. The van der Waals surface area contributed by atoms with E-state index in [1.807, 2.05) is 24.3 Å². The van der Waals surface area contributed by atoms with Gasteiger partial charge in [0.15, 0.2) is 0 Å². The molecule has 0 radical (unpaired) electrons. The second-order valence-electron chi connectivity index (χ2n) is 8.51. The maximum absolute atomic E-state index is 12.7. The summed E-state index contributed by atoms with van der Waals surface area (Å²) in [6.07, 6.45) is 1.41. The molecule has 2 aromatic rings. The molecule has 0 aliphatic carbocycles. The summed E-state index contributed by atoms with van der Waals surface area (Å²) in [6.45, 7) is 3.77. The lowest BCUT2D eigenvalue weighted by Crippen LogP contribution is -2.52. The molecule has 3 atom stereocenters. The molecule has 1 aromatic carbocycles. The highest BCUT2D eigenvalue weighted by atomic mass is 16.2. The zero-order chi connectivity index (χ0) is 24.0. The lowest BCUT2D eigenvalue weighted by atomic mass is 9.99. The van der Waals surface area contributed by atoms with Gasteiger partial charge in [0, 0.05) is 23.4 Å². The number of para-hydroxylation sites is 1. The smallest absolute Gasteiger partial charge is 0.268 e. The molecule has 0 bridgehead atoms. The van der Waals surface area contributed by atoms with Crippen LogP contribution in [0.3, 0.4) is 0 Å². The van der Waals surface area contributed by atoms with Gasteiger partial charge in [0.25, 0.3) is 5.91 Å². The van der Waals surface area contributed by atoms with Gasteiger partial charge in [-0.1, -0.05) is 32.0 Å². The molecule has 0 saturated carbocycles. The Bertz CT molecular complexity index is 1010. The van der Waals surface area contributed by atoms with Crippen LogP contribution in [0.1, 0.15) is 37.2 Å². The van der Waals surface area contributed by atoms with Crippen molar-refractivity contribution in [3.63, 3.8) is 0 Å². The monoisotopic (exact) mass is 455 g/mol. The number of hydrogen-bond acceptors (Lipinski definition) is 5. The molecule has 1 saturated heterocycles. The van der Waals surface area contributed by atoms with Crippen molar-refractivity contribution in [1.82, 2.24) is 26.3 Å². The van der Waals surface area contributed by atoms with E-state index in [0.717, 1.165) is 10.9 Å². The predicted molar refractivity (Wildman–Crippen MR) is 121 cm³/mol. The topological polar surface area (TPSA) is 149 Å². The van der Waals surface area contributed by atoms with Crippen LogP contribution in [0.25, 0.3) is 10.9 Å². The summed E-state index contributed by atoms with van der Waals surface area (Å²) in [6, 6.07) is 7.48. The number of fused-ring (bicyclic) bond motifs is 1. The lowest BCUT2D eigenvalue weighted by molar-refractivity contribution is -0.128. The molecule has 3 rings (SSSR count). The van der Waals surface area contributed by atoms with Crippen molar-refractivity contribution in [2.75, 3.05) is 13.1 Å². The number of carbonyl (C=O) groups is 5. The van der Waals surface area contributed by atoms with Crippen LogP contribution in [-0.4, -0.2) is 60.1 Å². The van der Waals surface area contributed by atoms with Gasteiger partial charge in [-0.25, -0.2) is 0 Å². The number of carbonyl (C=O) groups excluding carboxylic acids is 5. The third kappa shape index (κ3) is 6.18. The van der Waals surface area contributed by atoms with Crippen molar-refractivity contribution in [2.24, 2.45) is 11.8 Å². The van der Waals surface area contributed by atoms with Crippen molar-refractivity contribution in [3.8, 4) is 0 Å². The molecule has 1 aliphatic rings. The van der Waals surface area contributed by atoms with E-state index < -0.39 is 29.8 Å². The van der Waals surface area contributed by atoms with Gasteiger partial charge in [-0.15, -0.1) is 0 Å². The van der Waals surface area contributed by atoms with Crippen molar-refractivity contribution in [3.05, 3.63) is 36.0 Å². The first kappa shape index (κ1) is 24.0. The fourth-order valence-corrected chi connectivity index (χ4v) is 3.81. The maximum atomic E-state index is 12.7. The van der Waals surface area contributed by atoms with E-state index in [4.69, 9.17) is 0 Å². The van der Waals surface area contributed by atoms with Gasteiger partial charge in [0.2, 0.25) is 17.7 Å². The summed E-state index contributed by atoms with van der Waals surface area (Å²) >= 11 is 0. The number of rotatable bonds is 10. The zero-order valence-corrected chi connectivity index (χ0v) is 18.6. The summed E-state index contributed by atoms with van der Waals surface area (Å²) in [5, 5.41) is 11.3. The second-order valence-corrected chi connectivity index (χ2v) is 8.51. The predicted octanol–water partition coefficient (Wildman–Crippen LogP) is 0.248. The Labute approximate surface area is 191 Å². The number of H-pyrrole nitrogens is 1. The Balaban J connectivity index is 1.52. The molecule has 10 heteroatoms. The van der Waals surface area contributed by atoms with Crippen LogP contribution in [0, 0.1) is 11.8 Å². The molecule has 1 aliphatic heterocycles. The van der Waals surface area contributed by atoms with Crippen molar-refractivity contribution < 1.29 is 24.0 Å². The average molecular weight is 456 g/mol. The average Bonchev–Trinajstić information content (AvgIpc) is 3.41. The SMILES string of the molecule is CC(C)C(NC(=O)c1cc2ccccc2[nH]1)C(=O)NCC(=O)NC(C=O)CC1CCNC1=O. The number of amides is 4. The van der Waals surface area contributed by atoms with Gasteiger partial charge in [0.05, 0.1) is 12.6 Å². The molecule has 4 amide bonds. The van der Waals surface area contributed by atoms with E-state index in [1.165, 1.54) is 0 Å². The number of nitrogens with one attached hydrogen (secondary N) is 5. The first-order chi connectivity index (χ1) is 15.8. The highest BCUT2D eigenvalue weighted by molar-refractivity contribution is 6.00. The molecule has 2 heterocycles. The third-order valence-corrected chi connectivity index (χ3v) is 5.65. The van der Waals surface area contributed by atoms with Gasteiger partial charge < -0.3 is 31.0 Å². The van der Waals surface area contributed by atoms with Gasteiger partial charge in [-0.2, -0.15) is 0 Å². The Kier molecular flexibility index (Phi) is 7.81. The van der Waals surface area contributed by atoms with E-state index >= 15 is 0 Å². The number of hydrogen-bond donors (Lipinski definition) is 5. The molecule has 176 valence electrons. The Morgan fingerprint density at radius 3 is 2.58 bits per heavy atom. The number of benzene rings is 1. The Hall–Kier alpha value is -3.69. The van der Waals surface area contributed by atoms with E-state index in [-0.39, 0.29) is 30.7 Å². The zero-order valence-electron chi connectivity index (χ0n) is 18.6. The molecule has 33 heavy (non-hydrogen) atoms. The standard InChI is InChI=1S/C23H29N5O5/c1-13(2)20(28-22(32)18-10-14-5-3-4-6-17(14)27-18)23(33)25-11-19(30)26-16(12-29)9-15-7-8-24-21(15)31/h3-6,10,12-13,15-16,20,27H,7-9,11H2,1-2H3,(H,24,31)(H,25,33)(H,26,30)(H,28,32). The fraction of sp³-hybridized carbons (Fsp3) is 0.435. The van der Waals surface area contributed by atoms with Crippen LogP contribution < -0.4 is 21.3 Å². The molecule has 3 unspecified atom stereocenters. The third-order valence-electron chi connectivity index (χ3n) is 5.65. The van der Waals surface area contributed by atoms with Crippen LogP contribution in [0.4, 0.5) is 0 Å². The van der Waals surface area contributed by atoms with E-state index in [0.29, 0.717) is 24.9 Å². The lowest BCUT2D eigenvalue weighted by Gasteiger charge is -2.22. The van der Waals surface area contributed by atoms with E-state index in [9.17, 15) is 24.0 Å². The fourth-order valence-electron chi connectivity index (χ4n) is 3.81. The van der Waals surface area contributed by atoms with Crippen LogP contribution in [0.15, 0.2) is 30.3 Å². The highest BCUT2D eigenvalue weighted by Crippen LogP contribution is 2.16. The molecule has 0 spiro atoms. The Morgan fingerprint density at radius 1 is 1.18 bits per heavy atom. The van der Waals surface area contributed by atoms with Gasteiger partial charge in [-0.05, 0) is 30.9 Å². The van der Waals surface area contributed by atoms with Gasteiger partial charge >= 0.3 is 0 Å². The van der Waals surface area contributed by atoms with Crippen molar-refractivity contribution in [2.45, 2.75) is 38.8 Å². The largest absolute Gasteiger partial charge is 0.356 e. The van der Waals surface area contributed by atoms with Crippen molar-refractivity contribution >= 4 is 40.8 Å². The van der Waals surface area contributed by atoms with E-state index in [1.54, 1.807) is 19.9 Å². The molecule has 5 N–H and O–H groups in total. The summed E-state index contributed by atoms with van der Waals surface area (Å²) in [5.74, 6) is -2.17. The van der Waals surface area contributed by atoms with Gasteiger partial charge in [0.1, 0.15) is 18.0 Å². The number of aromatic amines is 1. The van der Waals surface area contributed by atoms with Crippen LogP contribution in [0.2, 0.25) is 0 Å². The van der Waals surface area contributed by atoms with E-state index in [2.05, 4.69) is 26.3 Å².